The van der Waals surface area contributed by atoms with Crippen molar-refractivity contribution < 1.29 is 18.4 Å². The lowest BCUT2D eigenvalue weighted by molar-refractivity contribution is 0.194. The maximum atomic E-state index is 13.9. The molecule has 0 radical (unpaired) electrons. The monoisotopic (exact) mass is 501 g/mol. The van der Waals surface area contributed by atoms with Gasteiger partial charge in [-0.3, -0.25) is 0 Å². The first-order valence-electron chi connectivity index (χ1n) is 10.8. The molecule has 182 valence electrons. The average Bonchev–Trinajstić information content (AvgIpc) is 2.85. The Balaban J connectivity index is 1.45. The molecular formula is C23H22ClF2N7O2. The fraction of sp³-hybridized carbons (Fsp3) is 0.261. The Morgan fingerprint density at radius 1 is 1.23 bits per heavy atom. The number of piperidine rings is 1. The second-order valence-electron chi connectivity index (χ2n) is 7.90. The summed E-state index contributed by atoms with van der Waals surface area (Å²) in [5.41, 5.74) is 7.26. The first-order valence-corrected chi connectivity index (χ1v) is 11.2. The standard InChI is InChI=1S/C23H22ClF2N7O2/c1-13(32-35-15-5-8-28-19(24)11-15)16-12-29-22(27)30-20(16)14-6-9-33(10-7-14)23(34)31-21-17(25)3-2-4-18(21)26/h2-5,8,11-12,14H,6-7,9-10H2,1H3,(H,31,34)(H2,27,29,30). The average molecular weight is 502 g/mol. The van der Waals surface area contributed by atoms with Gasteiger partial charge in [0.05, 0.1) is 11.4 Å². The van der Waals surface area contributed by atoms with Crippen LogP contribution in [0.2, 0.25) is 5.15 Å². The maximum Gasteiger partial charge on any atom is 0.322 e. The number of amides is 2. The number of benzene rings is 1. The summed E-state index contributed by atoms with van der Waals surface area (Å²) in [6, 6.07) is 5.99. The Kier molecular flexibility index (Phi) is 7.35. The summed E-state index contributed by atoms with van der Waals surface area (Å²) in [7, 11) is 0. The first kappa shape index (κ1) is 24.3. The zero-order chi connectivity index (χ0) is 24.9. The van der Waals surface area contributed by atoms with Crippen molar-refractivity contribution in [1.29, 1.82) is 0 Å². The van der Waals surface area contributed by atoms with Crippen LogP contribution >= 0.6 is 11.6 Å². The molecule has 3 aromatic rings. The summed E-state index contributed by atoms with van der Waals surface area (Å²) < 4.78 is 27.8. The smallest absolute Gasteiger partial charge is 0.322 e. The van der Waals surface area contributed by atoms with Crippen molar-refractivity contribution in [2.24, 2.45) is 5.16 Å². The third kappa shape index (κ3) is 5.80. The van der Waals surface area contributed by atoms with Crippen molar-refractivity contribution >= 4 is 35.0 Å². The van der Waals surface area contributed by atoms with Crippen molar-refractivity contribution in [1.82, 2.24) is 19.9 Å². The van der Waals surface area contributed by atoms with Gasteiger partial charge in [0.25, 0.3) is 0 Å². The number of oxime groups is 1. The molecular weight excluding hydrogens is 480 g/mol. The van der Waals surface area contributed by atoms with E-state index in [0.29, 0.717) is 48.6 Å². The molecule has 4 rings (SSSR count). The topological polar surface area (TPSA) is 119 Å². The van der Waals surface area contributed by atoms with Crippen LogP contribution in [0.15, 0.2) is 47.9 Å². The molecule has 1 aliphatic rings. The van der Waals surface area contributed by atoms with Gasteiger partial charge in [-0.15, -0.1) is 0 Å². The van der Waals surface area contributed by atoms with Crippen LogP contribution in [0.25, 0.3) is 0 Å². The second-order valence-corrected chi connectivity index (χ2v) is 8.28. The van der Waals surface area contributed by atoms with Crippen LogP contribution in [0.3, 0.4) is 0 Å². The molecule has 35 heavy (non-hydrogen) atoms. The van der Waals surface area contributed by atoms with Crippen LogP contribution in [0.4, 0.5) is 25.2 Å². The molecule has 2 aromatic heterocycles. The summed E-state index contributed by atoms with van der Waals surface area (Å²) in [6.07, 6.45) is 4.21. The van der Waals surface area contributed by atoms with Crippen LogP contribution in [0.1, 0.15) is 36.9 Å². The summed E-state index contributed by atoms with van der Waals surface area (Å²) in [4.78, 5) is 31.9. The number of halogens is 3. The number of para-hydroxylation sites is 1. The van der Waals surface area contributed by atoms with Gasteiger partial charge in [-0.25, -0.2) is 28.5 Å². The lowest BCUT2D eigenvalue weighted by Crippen LogP contribution is -2.41. The van der Waals surface area contributed by atoms with Crippen LogP contribution in [-0.4, -0.2) is 44.7 Å². The number of nitrogen functional groups attached to an aromatic ring is 1. The number of urea groups is 1. The molecule has 9 nitrogen and oxygen atoms in total. The number of pyridine rings is 1. The third-order valence-corrected chi connectivity index (χ3v) is 5.78. The highest BCUT2D eigenvalue weighted by atomic mass is 35.5. The molecule has 0 aliphatic carbocycles. The molecule has 0 saturated carbocycles. The summed E-state index contributed by atoms with van der Waals surface area (Å²) in [6.45, 7) is 2.48. The van der Waals surface area contributed by atoms with Crippen molar-refractivity contribution in [2.45, 2.75) is 25.7 Å². The molecule has 0 bridgehead atoms. The van der Waals surface area contributed by atoms with Gasteiger partial charge in [-0.05, 0) is 31.9 Å². The van der Waals surface area contributed by atoms with Gasteiger partial charge in [-0.2, -0.15) is 0 Å². The van der Waals surface area contributed by atoms with Gasteiger partial charge in [0.15, 0.2) is 5.75 Å². The van der Waals surface area contributed by atoms with E-state index in [0.717, 1.165) is 12.1 Å². The van der Waals surface area contributed by atoms with E-state index in [1.807, 2.05) is 0 Å². The van der Waals surface area contributed by atoms with E-state index in [4.69, 9.17) is 22.2 Å². The fourth-order valence-electron chi connectivity index (χ4n) is 3.77. The summed E-state index contributed by atoms with van der Waals surface area (Å²) in [5.74, 6) is -1.16. The third-order valence-electron chi connectivity index (χ3n) is 5.58. The highest BCUT2D eigenvalue weighted by Crippen LogP contribution is 2.30. The number of hydrogen-bond donors (Lipinski definition) is 2. The van der Waals surface area contributed by atoms with E-state index < -0.39 is 23.4 Å². The minimum Gasteiger partial charge on any atom is -0.368 e. The Bertz CT molecular complexity index is 1250. The zero-order valence-electron chi connectivity index (χ0n) is 18.7. The van der Waals surface area contributed by atoms with Gasteiger partial charge < -0.3 is 20.8 Å². The molecule has 0 atom stereocenters. The molecule has 12 heteroatoms. The molecule has 1 fully saturated rings. The quantitative estimate of drug-likeness (QED) is 0.299. The minimum absolute atomic E-state index is 0.0370. The Hall–Kier alpha value is -3.86. The summed E-state index contributed by atoms with van der Waals surface area (Å²) in [5, 5.41) is 6.76. The van der Waals surface area contributed by atoms with Crippen LogP contribution in [0, 0.1) is 11.6 Å². The van der Waals surface area contributed by atoms with Gasteiger partial charge in [0.1, 0.15) is 22.5 Å². The molecule has 1 aliphatic heterocycles. The largest absolute Gasteiger partial charge is 0.368 e. The Morgan fingerprint density at radius 2 is 1.94 bits per heavy atom. The van der Waals surface area contributed by atoms with Crippen LogP contribution < -0.4 is 15.9 Å². The van der Waals surface area contributed by atoms with Crippen LogP contribution in [0.5, 0.6) is 5.75 Å². The number of aromatic nitrogens is 3. The lowest BCUT2D eigenvalue weighted by atomic mass is 9.90. The molecule has 1 saturated heterocycles. The number of anilines is 2. The van der Waals surface area contributed by atoms with Crippen molar-refractivity contribution in [3.63, 3.8) is 0 Å². The van der Waals surface area contributed by atoms with E-state index in [2.05, 4.69) is 25.4 Å². The summed E-state index contributed by atoms with van der Waals surface area (Å²) >= 11 is 5.87. The number of carbonyl (C=O) groups is 1. The maximum absolute atomic E-state index is 13.9. The second kappa shape index (κ2) is 10.6. The van der Waals surface area contributed by atoms with Gasteiger partial charge in [0.2, 0.25) is 5.95 Å². The molecule has 3 N–H and O–H groups in total. The fourth-order valence-corrected chi connectivity index (χ4v) is 3.93. The first-order chi connectivity index (χ1) is 16.8. The number of nitrogens with zero attached hydrogens (tertiary/aromatic N) is 5. The lowest BCUT2D eigenvalue weighted by Gasteiger charge is -2.32. The van der Waals surface area contributed by atoms with Gasteiger partial charge >= 0.3 is 6.03 Å². The number of hydrogen-bond acceptors (Lipinski definition) is 7. The van der Waals surface area contributed by atoms with Crippen molar-refractivity contribution in [3.8, 4) is 5.75 Å². The van der Waals surface area contributed by atoms with E-state index in [1.165, 1.54) is 23.2 Å². The Morgan fingerprint density at radius 3 is 2.63 bits per heavy atom. The highest BCUT2D eigenvalue weighted by Gasteiger charge is 2.28. The predicted molar refractivity (Wildman–Crippen MR) is 127 cm³/mol. The molecule has 3 heterocycles. The zero-order valence-corrected chi connectivity index (χ0v) is 19.5. The van der Waals surface area contributed by atoms with E-state index in [1.54, 1.807) is 19.2 Å². The molecule has 1 aromatic carbocycles. The predicted octanol–water partition coefficient (Wildman–Crippen LogP) is 4.60. The number of likely N-dealkylation sites (tertiary alicyclic amines) is 1. The van der Waals surface area contributed by atoms with E-state index in [9.17, 15) is 13.6 Å². The van der Waals surface area contributed by atoms with Gasteiger partial charge in [0, 0.05) is 49.1 Å². The number of nitrogens with one attached hydrogen (secondary N) is 1. The number of carbonyl (C=O) groups excluding carboxylic acids is 1. The molecule has 0 spiro atoms. The van der Waals surface area contributed by atoms with Crippen molar-refractivity contribution in [2.75, 3.05) is 24.1 Å². The number of nitrogens with two attached hydrogens (primary N) is 1. The van der Waals surface area contributed by atoms with E-state index in [-0.39, 0.29) is 17.0 Å². The highest BCUT2D eigenvalue weighted by molar-refractivity contribution is 6.29. The van der Waals surface area contributed by atoms with Crippen molar-refractivity contribution in [3.05, 3.63) is 70.8 Å². The number of rotatable bonds is 5. The normalized spacial score (nSPS) is 14.6. The molecule has 2 amide bonds. The van der Waals surface area contributed by atoms with E-state index >= 15 is 0 Å². The Labute approximate surface area is 205 Å². The molecule has 0 unspecified atom stereocenters. The van der Waals surface area contributed by atoms with Gasteiger partial charge in [-0.1, -0.05) is 22.8 Å². The minimum atomic E-state index is -0.833. The SMILES string of the molecule is CC(=NOc1ccnc(Cl)c1)c1cnc(N)nc1C1CCN(C(=O)Nc2c(F)cccc2F)CC1. The van der Waals surface area contributed by atoms with Crippen LogP contribution in [-0.2, 0) is 0 Å².